The van der Waals surface area contributed by atoms with E-state index in [1.54, 1.807) is 18.4 Å². The number of nitrogens with zero attached hydrogens (tertiary/aromatic N) is 3. The third kappa shape index (κ3) is 5.24. The van der Waals surface area contributed by atoms with Gasteiger partial charge in [-0.3, -0.25) is 9.36 Å². The molecule has 0 unspecified atom stereocenters. The largest absolute Gasteiger partial charge is 0.461 e. The van der Waals surface area contributed by atoms with E-state index in [-0.39, 0.29) is 11.7 Å². The van der Waals surface area contributed by atoms with Crippen LogP contribution in [-0.2, 0) is 17.8 Å². The summed E-state index contributed by atoms with van der Waals surface area (Å²) < 4.78 is 7.27. The van der Waals surface area contributed by atoms with Gasteiger partial charge in [-0.15, -0.1) is 16.8 Å². The second kappa shape index (κ2) is 9.43. The van der Waals surface area contributed by atoms with Gasteiger partial charge < -0.3 is 9.73 Å². The lowest BCUT2D eigenvalue weighted by Gasteiger charge is -2.07. The van der Waals surface area contributed by atoms with Crippen molar-refractivity contribution in [3.8, 4) is 11.6 Å². The second-order valence-corrected chi connectivity index (χ2v) is 7.08. The Labute approximate surface area is 166 Å². The molecular formula is C19H19ClN4O2S. The van der Waals surface area contributed by atoms with Crippen LogP contribution < -0.4 is 5.32 Å². The number of carbonyl (C=O) groups is 1. The first kappa shape index (κ1) is 19.3. The fourth-order valence-electron chi connectivity index (χ4n) is 2.46. The van der Waals surface area contributed by atoms with Crippen LogP contribution in [0.1, 0.15) is 5.56 Å². The number of allylic oxidation sites excluding steroid dienone is 1. The SMILES string of the molecule is C=CCn1c(SCC(=O)NCCc2ccc(Cl)cc2)nnc1-c1ccco1. The Hall–Kier alpha value is -2.51. The number of furan rings is 1. The average molecular weight is 403 g/mol. The Bertz CT molecular complexity index is 891. The highest BCUT2D eigenvalue weighted by atomic mass is 35.5. The van der Waals surface area contributed by atoms with Gasteiger partial charge in [0.25, 0.3) is 0 Å². The Morgan fingerprint density at radius 2 is 2.11 bits per heavy atom. The van der Waals surface area contributed by atoms with E-state index in [0.717, 1.165) is 12.0 Å². The molecule has 0 aliphatic rings. The molecule has 0 aliphatic carbocycles. The summed E-state index contributed by atoms with van der Waals surface area (Å²) in [7, 11) is 0. The summed E-state index contributed by atoms with van der Waals surface area (Å²) in [5.74, 6) is 1.45. The van der Waals surface area contributed by atoms with Gasteiger partial charge in [-0.2, -0.15) is 0 Å². The summed E-state index contributed by atoms with van der Waals surface area (Å²) in [6, 6.07) is 11.2. The van der Waals surface area contributed by atoms with E-state index in [4.69, 9.17) is 16.0 Å². The van der Waals surface area contributed by atoms with Crippen LogP contribution in [0.2, 0.25) is 5.02 Å². The second-order valence-electron chi connectivity index (χ2n) is 5.70. The van der Waals surface area contributed by atoms with Crippen molar-refractivity contribution in [3.63, 3.8) is 0 Å². The van der Waals surface area contributed by atoms with Gasteiger partial charge in [-0.1, -0.05) is 41.6 Å². The molecule has 0 atom stereocenters. The molecule has 0 aliphatic heterocycles. The molecule has 1 N–H and O–H groups in total. The van der Waals surface area contributed by atoms with E-state index in [9.17, 15) is 4.79 Å². The van der Waals surface area contributed by atoms with Gasteiger partial charge >= 0.3 is 0 Å². The van der Waals surface area contributed by atoms with Crippen LogP contribution in [0.5, 0.6) is 0 Å². The number of thioether (sulfide) groups is 1. The minimum absolute atomic E-state index is 0.0540. The Morgan fingerprint density at radius 3 is 2.81 bits per heavy atom. The molecule has 8 heteroatoms. The number of carbonyl (C=O) groups excluding carboxylic acids is 1. The van der Waals surface area contributed by atoms with Crippen LogP contribution in [0.3, 0.4) is 0 Å². The monoisotopic (exact) mass is 402 g/mol. The van der Waals surface area contributed by atoms with Crippen LogP contribution in [-0.4, -0.2) is 33.0 Å². The molecule has 1 aromatic carbocycles. The van der Waals surface area contributed by atoms with E-state index in [1.807, 2.05) is 34.9 Å². The molecule has 2 aromatic heterocycles. The lowest BCUT2D eigenvalue weighted by atomic mass is 10.1. The number of halogens is 1. The first-order chi connectivity index (χ1) is 13.2. The summed E-state index contributed by atoms with van der Waals surface area (Å²) in [6.45, 7) is 4.86. The molecule has 6 nitrogen and oxygen atoms in total. The number of hydrogen-bond acceptors (Lipinski definition) is 5. The van der Waals surface area contributed by atoms with Crippen LogP contribution >= 0.6 is 23.4 Å². The fourth-order valence-corrected chi connectivity index (χ4v) is 3.36. The third-order valence-corrected chi connectivity index (χ3v) is 4.97. The zero-order chi connectivity index (χ0) is 19.1. The maximum absolute atomic E-state index is 12.1. The van der Waals surface area contributed by atoms with E-state index in [1.165, 1.54) is 11.8 Å². The number of benzene rings is 1. The van der Waals surface area contributed by atoms with Gasteiger partial charge in [-0.05, 0) is 36.2 Å². The first-order valence-electron chi connectivity index (χ1n) is 8.39. The zero-order valence-corrected chi connectivity index (χ0v) is 16.2. The van der Waals surface area contributed by atoms with Gasteiger partial charge in [0.1, 0.15) is 0 Å². The van der Waals surface area contributed by atoms with Gasteiger partial charge in [0.05, 0.1) is 12.0 Å². The standard InChI is InChI=1S/C19H19ClN4O2S/c1-2-11-24-18(16-4-3-12-26-16)22-23-19(24)27-13-17(25)21-10-9-14-5-7-15(20)8-6-14/h2-8,12H,1,9-11,13H2,(H,21,25). The van der Waals surface area contributed by atoms with Crippen LogP contribution in [0.25, 0.3) is 11.6 Å². The van der Waals surface area contributed by atoms with E-state index in [2.05, 4.69) is 22.1 Å². The molecule has 0 saturated carbocycles. The Kier molecular flexibility index (Phi) is 6.73. The van der Waals surface area contributed by atoms with E-state index < -0.39 is 0 Å². The maximum atomic E-state index is 12.1. The predicted octanol–water partition coefficient (Wildman–Crippen LogP) is 3.83. The first-order valence-corrected chi connectivity index (χ1v) is 9.75. The molecule has 0 saturated heterocycles. The lowest BCUT2D eigenvalue weighted by molar-refractivity contribution is -0.118. The zero-order valence-electron chi connectivity index (χ0n) is 14.6. The predicted molar refractivity (Wildman–Crippen MR) is 107 cm³/mol. The molecule has 2 heterocycles. The Morgan fingerprint density at radius 1 is 1.30 bits per heavy atom. The molecule has 0 bridgehead atoms. The smallest absolute Gasteiger partial charge is 0.230 e. The molecule has 3 rings (SSSR count). The number of hydrogen-bond donors (Lipinski definition) is 1. The van der Waals surface area contributed by atoms with E-state index >= 15 is 0 Å². The normalized spacial score (nSPS) is 10.7. The molecule has 140 valence electrons. The summed E-state index contributed by atoms with van der Waals surface area (Å²) in [6.07, 6.45) is 4.10. The van der Waals surface area contributed by atoms with Crippen LogP contribution in [0.15, 0.2) is 64.9 Å². The molecule has 0 spiro atoms. The highest BCUT2D eigenvalue weighted by Crippen LogP contribution is 2.24. The van der Waals surface area contributed by atoms with Crippen LogP contribution in [0, 0.1) is 0 Å². The van der Waals surface area contributed by atoms with Crippen molar-refractivity contribution < 1.29 is 9.21 Å². The summed E-state index contributed by atoms with van der Waals surface area (Å²) in [5, 5.41) is 12.6. The van der Waals surface area contributed by atoms with Crippen molar-refractivity contribution in [3.05, 3.63) is 65.9 Å². The number of rotatable bonds is 9. The van der Waals surface area contributed by atoms with Gasteiger partial charge in [0.2, 0.25) is 11.7 Å². The summed E-state index contributed by atoms with van der Waals surface area (Å²) in [4.78, 5) is 12.1. The van der Waals surface area contributed by atoms with Crippen molar-refractivity contribution in [2.75, 3.05) is 12.3 Å². The number of aromatic nitrogens is 3. The van der Waals surface area contributed by atoms with Crippen molar-refractivity contribution >= 4 is 29.3 Å². The summed E-state index contributed by atoms with van der Waals surface area (Å²) in [5.41, 5.74) is 1.13. The molecular weight excluding hydrogens is 384 g/mol. The highest BCUT2D eigenvalue weighted by Gasteiger charge is 2.16. The quantitative estimate of drug-likeness (QED) is 0.435. The maximum Gasteiger partial charge on any atom is 0.230 e. The summed E-state index contributed by atoms with van der Waals surface area (Å²) >= 11 is 7.20. The number of amides is 1. The van der Waals surface area contributed by atoms with Gasteiger partial charge in [-0.25, -0.2) is 0 Å². The van der Waals surface area contributed by atoms with Crippen LogP contribution in [0.4, 0.5) is 0 Å². The molecule has 3 aromatic rings. The molecule has 0 fully saturated rings. The molecule has 0 radical (unpaired) electrons. The van der Waals surface area contributed by atoms with Gasteiger partial charge in [0.15, 0.2) is 10.9 Å². The van der Waals surface area contributed by atoms with Crippen molar-refractivity contribution in [1.29, 1.82) is 0 Å². The Balaban J connectivity index is 1.52. The highest BCUT2D eigenvalue weighted by molar-refractivity contribution is 7.99. The minimum atomic E-state index is -0.0540. The molecule has 1 amide bonds. The topological polar surface area (TPSA) is 73.0 Å². The molecule has 27 heavy (non-hydrogen) atoms. The van der Waals surface area contributed by atoms with Crippen molar-refractivity contribution in [2.24, 2.45) is 0 Å². The third-order valence-electron chi connectivity index (χ3n) is 3.75. The van der Waals surface area contributed by atoms with Gasteiger partial charge in [0, 0.05) is 18.1 Å². The van der Waals surface area contributed by atoms with Crippen molar-refractivity contribution in [1.82, 2.24) is 20.1 Å². The number of nitrogens with one attached hydrogen (secondary N) is 1. The fraction of sp³-hybridized carbons (Fsp3) is 0.211. The minimum Gasteiger partial charge on any atom is -0.461 e. The van der Waals surface area contributed by atoms with E-state index in [0.29, 0.717) is 34.9 Å². The average Bonchev–Trinajstić information content (AvgIpc) is 3.32. The van der Waals surface area contributed by atoms with Crippen molar-refractivity contribution in [2.45, 2.75) is 18.1 Å². The lowest BCUT2D eigenvalue weighted by Crippen LogP contribution is -2.27.